The van der Waals surface area contributed by atoms with Crippen molar-refractivity contribution in [3.63, 3.8) is 0 Å². The second kappa shape index (κ2) is 5.04. The van der Waals surface area contributed by atoms with Crippen LogP contribution in [0.15, 0.2) is 29.5 Å². The minimum atomic E-state index is -0.336. The number of hydrogen-bond donors (Lipinski definition) is 1. The number of ether oxygens (including phenoxy) is 1. The van der Waals surface area contributed by atoms with Crippen molar-refractivity contribution in [2.24, 2.45) is 0 Å². The van der Waals surface area contributed by atoms with E-state index in [-0.39, 0.29) is 24.8 Å². The van der Waals surface area contributed by atoms with Crippen molar-refractivity contribution in [2.45, 2.75) is 6.42 Å². The lowest BCUT2D eigenvalue weighted by molar-refractivity contribution is -0.140. The number of hydrogen-bond acceptors (Lipinski definition) is 3. The predicted molar refractivity (Wildman–Crippen MR) is 50.4 cm³/mol. The van der Waals surface area contributed by atoms with Crippen LogP contribution in [0, 0.1) is 0 Å². The number of esters is 1. The van der Waals surface area contributed by atoms with Crippen molar-refractivity contribution in [3.8, 4) is 0 Å². The molecular formula is C10H11NO3. The molecule has 0 saturated heterocycles. The first kappa shape index (κ1) is 10.3. The SMILES string of the molecule is COC(=O)CCNC(=O)C1=C=CC=C1. The molecule has 0 aliphatic heterocycles. The normalized spacial score (nSPS) is 12.5. The molecule has 0 aromatic heterocycles. The van der Waals surface area contributed by atoms with E-state index in [1.54, 1.807) is 18.2 Å². The number of amides is 1. The van der Waals surface area contributed by atoms with E-state index in [1.165, 1.54) is 7.11 Å². The molecule has 14 heavy (non-hydrogen) atoms. The maximum atomic E-state index is 11.3. The van der Waals surface area contributed by atoms with Gasteiger partial charge in [-0.15, -0.1) is 5.73 Å². The Labute approximate surface area is 81.9 Å². The van der Waals surface area contributed by atoms with Crippen LogP contribution in [0.2, 0.25) is 0 Å². The monoisotopic (exact) mass is 193 g/mol. The minimum absolute atomic E-state index is 0.183. The van der Waals surface area contributed by atoms with Crippen molar-refractivity contribution in [1.82, 2.24) is 5.32 Å². The van der Waals surface area contributed by atoms with Gasteiger partial charge in [0.15, 0.2) is 0 Å². The molecule has 0 heterocycles. The van der Waals surface area contributed by atoms with E-state index in [0.29, 0.717) is 5.57 Å². The van der Waals surface area contributed by atoms with Gasteiger partial charge in [0.2, 0.25) is 0 Å². The van der Waals surface area contributed by atoms with Gasteiger partial charge in [0, 0.05) is 6.54 Å². The molecular weight excluding hydrogens is 182 g/mol. The van der Waals surface area contributed by atoms with Crippen LogP contribution in [0.1, 0.15) is 6.42 Å². The average molecular weight is 193 g/mol. The number of carbonyl (C=O) groups is 2. The fourth-order valence-corrected chi connectivity index (χ4v) is 0.947. The van der Waals surface area contributed by atoms with E-state index in [1.807, 2.05) is 0 Å². The molecule has 0 spiro atoms. The molecule has 4 nitrogen and oxygen atoms in total. The van der Waals surface area contributed by atoms with E-state index < -0.39 is 0 Å². The molecule has 1 amide bonds. The molecule has 0 fully saturated rings. The first-order valence-electron chi connectivity index (χ1n) is 4.22. The van der Waals surface area contributed by atoms with Crippen LogP contribution < -0.4 is 5.32 Å². The fraction of sp³-hybridized carbons (Fsp3) is 0.300. The lowest BCUT2D eigenvalue weighted by atomic mass is 10.3. The van der Waals surface area contributed by atoms with Crippen LogP contribution in [-0.2, 0) is 14.3 Å². The molecule has 0 atom stereocenters. The van der Waals surface area contributed by atoms with Crippen molar-refractivity contribution < 1.29 is 14.3 Å². The third kappa shape index (κ3) is 2.92. The van der Waals surface area contributed by atoms with Crippen molar-refractivity contribution in [3.05, 3.63) is 29.5 Å². The summed E-state index contributed by atoms with van der Waals surface area (Å²) in [5.41, 5.74) is 3.24. The highest BCUT2D eigenvalue weighted by atomic mass is 16.5. The van der Waals surface area contributed by atoms with Crippen molar-refractivity contribution in [2.75, 3.05) is 13.7 Å². The predicted octanol–water partition coefficient (Wildman–Crippen LogP) is 0.317. The molecule has 0 unspecified atom stereocenters. The van der Waals surface area contributed by atoms with Gasteiger partial charge in [-0.25, -0.2) is 0 Å². The Kier molecular flexibility index (Phi) is 3.70. The molecule has 1 N–H and O–H groups in total. The van der Waals surface area contributed by atoms with Crippen LogP contribution >= 0.6 is 0 Å². The van der Waals surface area contributed by atoms with E-state index in [4.69, 9.17) is 0 Å². The Morgan fingerprint density at radius 1 is 1.57 bits per heavy atom. The summed E-state index contributed by atoms with van der Waals surface area (Å²) in [6, 6.07) is 0. The summed E-state index contributed by atoms with van der Waals surface area (Å²) in [5.74, 6) is -0.560. The maximum Gasteiger partial charge on any atom is 0.307 e. The summed E-state index contributed by atoms with van der Waals surface area (Å²) in [6.07, 6.45) is 5.24. The van der Waals surface area contributed by atoms with Crippen LogP contribution in [0.4, 0.5) is 0 Å². The average Bonchev–Trinajstić information content (AvgIpc) is 2.70. The number of carbonyl (C=O) groups excluding carboxylic acids is 2. The van der Waals surface area contributed by atoms with Crippen LogP contribution in [0.5, 0.6) is 0 Å². The number of methoxy groups -OCH3 is 1. The zero-order valence-electron chi connectivity index (χ0n) is 7.87. The first-order chi connectivity index (χ1) is 6.74. The zero-order chi connectivity index (χ0) is 10.4. The van der Waals surface area contributed by atoms with Gasteiger partial charge in [-0.1, -0.05) is 6.08 Å². The molecule has 0 aromatic rings. The molecule has 0 bridgehead atoms. The lowest BCUT2D eigenvalue weighted by Crippen LogP contribution is -2.26. The van der Waals surface area contributed by atoms with Gasteiger partial charge >= 0.3 is 5.97 Å². The number of nitrogens with one attached hydrogen (secondary N) is 1. The topological polar surface area (TPSA) is 55.4 Å². The second-order valence-corrected chi connectivity index (χ2v) is 2.67. The Morgan fingerprint density at radius 2 is 2.36 bits per heavy atom. The molecule has 4 heteroatoms. The molecule has 0 aromatic carbocycles. The molecule has 0 radical (unpaired) electrons. The quantitative estimate of drug-likeness (QED) is 0.516. The van der Waals surface area contributed by atoms with Crippen LogP contribution in [0.3, 0.4) is 0 Å². The fourth-order valence-electron chi connectivity index (χ4n) is 0.947. The minimum Gasteiger partial charge on any atom is -0.469 e. The number of rotatable bonds is 4. The van der Waals surface area contributed by atoms with Crippen LogP contribution in [0.25, 0.3) is 0 Å². The summed E-state index contributed by atoms with van der Waals surface area (Å²) >= 11 is 0. The smallest absolute Gasteiger partial charge is 0.307 e. The Balaban J connectivity index is 2.26. The van der Waals surface area contributed by atoms with Gasteiger partial charge < -0.3 is 10.1 Å². The van der Waals surface area contributed by atoms with Gasteiger partial charge in [0.25, 0.3) is 5.91 Å². The lowest BCUT2D eigenvalue weighted by Gasteiger charge is -2.02. The first-order valence-corrected chi connectivity index (χ1v) is 4.22. The molecule has 0 saturated carbocycles. The maximum absolute atomic E-state index is 11.3. The summed E-state index contributed by atoms with van der Waals surface area (Å²) in [7, 11) is 1.31. The van der Waals surface area contributed by atoms with Gasteiger partial charge in [-0.2, -0.15) is 0 Å². The summed E-state index contributed by atoms with van der Waals surface area (Å²) < 4.78 is 4.42. The Morgan fingerprint density at radius 3 is 2.93 bits per heavy atom. The summed E-state index contributed by atoms with van der Waals surface area (Å²) in [4.78, 5) is 22.0. The summed E-state index contributed by atoms with van der Waals surface area (Å²) in [5, 5.41) is 2.58. The highest BCUT2D eigenvalue weighted by Crippen LogP contribution is 2.00. The van der Waals surface area contributed by atoms with Crippen molar-refractivity contribution in [1.29, 1.82) is 0 Å². The largest absolute Gasteiger partial charge is 0.469 e. The second-order valence-electron chi connectivity index (χ2n) is 2.67. The van der Waals surface area contributed by atoms with E-state index in [0.717, 1.165) is 0 Å². The standard InChI is InChI=1S/C10H11NO3/c1-14-9(12)6-7-11-10(13)8-4-2-3-5-8/h2-4H,6-7H2,1H3,(H,11,13). The Bertz CT molecular complexity index is 335. The third-order valence-corrected chi connectivity index (χ3v) is 1.68. The Hall–Kier alpha value is -1.80. The highest BCUT2D eigenvalue weighted by molar-refractivity contribution is 5.96. The highest BCUT2D eigenvalue weighted by Gasteiger charge is 2.07. The van der Waals surface area contributed by atoms with Crippen molar-refractivity contribution >= 4 is 11.9 Å². The van der Waals surface area contributed by atoms with Crippen LogP contribution in [-0.4, -0.2) is 25.5 Å². The molecule has 74 valence electrons. The van der Waals surface area contributed by atoms with E-state index in [9.17, 15) is 9.59 Å². The van der Waals surface area contributed by atoms with E-state index in [2.05, 4.69) is 15.8 Å². The van der Waals surface area contributed by atoms with Gasteiger partial charge in [-0.05, 0) is 12.2 Å². The van der Waals surface area contributed by atoms with Gasteiger partial charge in [-0.3, -0.25) is 9.59 Å². The molecule has 1 aliphatic carbocycles. The summed E-state index contributed by atoms with van der Waals surface area (Å²) in [6.45, 7) is 0.282. The third-order valence-electron chi connectivity index (χ3n) is 1.68. The van der Waals surface area contributed by atoms with E-state index >= 15 is 0 Å². The van der Waals surface area contributed by atoms with Gasteiger partial charge in [0.1, 0.15) is 0 Å². The number of allylic oxidation sites excluding steroid dienone is 1. The van der Waals surface area contributed by atoms with Gasteiger partial charge in [0.05, 0.1) is 19.1 Å². The zero-order valence-corrected chi connectivity index (χ0v) is 7.87. The molecule has 1 rings (SSSR count). The molecule has 1 aliphatic rings.